The molecule has 2 amide bonds. The van der Waals surface area contributed by atoms with Crippen molar-refractivity contribution < 1.29 is 27.9 Å². The Morgan fingerprint density at radius 1 is 1.33 bits per heavy atom. The lowest BCUT2D eigenvalue weighted by atomic mass is 9.96. The van der Waals surface area contributed by atoms with Crippen LogP contribution in [0.1, 0.15) is 11.1 Å². The van der Waals surface area contributed by atoms with Gasteiger partial charge < -0.3 is 15.3 Å². The van der Waals surface area contributed by atoms with Crippen molar-refractivity contribution >= 4 is 17.7 Å². The summed E-state index contributed by atoms with van der Waals surface area (Å²) in [5.74, 6) is -5.38. The molecule has 2 rings (SSSR count). The number of nitrogens with one attached hydrogen (secondary N) is 1. The van der Waals surface area contributed by atoms with Crippen LogP contribution in [0.25, 0.3) is 0 Å². The first-order valence-corrected chi connectivity index (χ1v) is 6.99. The fourth-order valence-electron chi connectivity index (χ4n) is 2.67. The van der Waals surface area contributed by atoms with Gasteiger partial charge in [-0.2, -0.15) is 18.4 Å². The molecule has 128 valence electrons. The van der Waals surface area contributed by atoms with E-state index >= 15 is 0 Å². The molecule has 0 aliphatic carbocycles. The third-order valence-electron chi connectivity index (χ3n) is 3.80. The van der Waals surface area contributed by atoms with E-state index in [4.69, 9.17) is 10.4 Å². The number of aryl methyl sites for hydroxylation is 1. The number of hydrogen-bond donors (Lipinski definition) is 2. The Hall–Kier alpha value is -2.76. The summed E-state index contributed by atoms with van der Waals surface area (Å²) < 4.78 is 38.8. The van der Waals surface area contributed by atoms with Crippen molar-refractivity contribution in [1.29, 1.82) is 5.26 Å². The average molecular weight is 341 g/mol. The van der Waals surface area contributed by atoms with Crippen LogP contribution in [-0.2, 0) is 4.79 Å². The second-order valence-electron chi connectivity index (χ2n) is 5.63. The van der Waals surface area contributed by atoms with Gasteiger partial charge in [-0.3, -0.25) is 4.79 Å². The van der Waals surface area contributed by atoms with Crippen LogP contribution in [0.4, 0.5) is 23.7 Å². The van der Waals surface area contributed by atoms with Crippen molar-refractivity contribution in [2.75, 3.05) is 18.4 Å². The van der Waals surface area contributed by atoms with E-state index in [1.807, 2.05) is 6.07 Å². The summed E-state index contributed by atoms with van der Waals surface area (Å²) in [5, 5.41) is 20.2. The van der Waals surface area contributed by atoms with Crippen LogP contribution in [-0.4, -0.2) is 41.3 Å². The zero-order valence-corrected chi connectivity index (χ0v) is 12.6. The van der Waals surface area contributed by atoms with E-state index in [9.17, 15) is 22.8 Å². The fourth-order valence-corrected chi connectivity index (χ4v) is 2.67. The van der Waals surface area contributed by atoms with E-state index in [1.54, 1.807) is 19.1 Å². The number of carbonyl (C=O) groups is 2. The number of carbonyl (C=O) groups excluding carboxylic acids is 1. The molecule has 0 aromatic heterocycles. The van der Waals surface area contributed by atoms with Gasteiger partial charge in [-0.1, -0.05) is 0 Å². The molecule has 1 aliphatic rings. The molecule has 1 aromatic rings. The van der Waals surface area contributed by atoms with Gasteiger partial charge in [-0.15, -0.1) is 0 Å². The summed E-state index contributed by atoms with van der Waals surface area (Å²) in [6, 6.07) is 5.61. The number of urea groups is 1. The van der Waals surface area contributed by atoms with E-state index < -0.39 is 43.1 Å². The zero-order valence-electron chi connectivity index (χ0n) is 12.6. The Kier molecular flexibility index (Phi) is 4.68. The van der Waals surface area contributed by atoms with Crippen LogP contribution in [0.2, 0.25) is 0 Å². The molecule has 1 aliphatic heterocycles. The molecule has 0 radical (unpaired) electrons. The van der Waals surface area contributed by atoms with Crippen LogP contribution < -0.4 is 5.32 Å². The Bertz CT molecular complexity index is 712. The van der Waals surface area contributed by atoms with Crippen LogP contribution in [0.15, 0.2) is 18.2 Å². The minimum atomic E-state index is -4.70. The lowest BCUT2D eigenvalue weighted by Gasteiger charge is -2.19. The maximum atomic E-state index is 12.9. The second-order valence-corrected chi connectivity index (χ2v) is 5.63. The fraction of sp³-hybridized carbons (Fsp3) is 0.400. The summed E-state index contributed by atoms with van der Waals surface area (Å²) in [4.78, 5) is 24.0. The number of hydrogen-bond acceptors (Lipinski definition) is 3. The van der Waals surface area contributed by atoms with Crippen molar-refractivity contribution in [1.82, 2.24) is 4.90 Å². The van der Waals surface area contributed by atoms with Crippen LogP contribution in [0, 0.1) is 30.1 Å². The van der Waals surface area contributed by atoms with Gasteiger partial charge in [0.1, 0.15) is 0 Å². The van der Waals surface area contributed by atoms with Crippen molar-refractivity contribution in [3.63, 3.8) is 0 Å². The number of rotatable bonds is 2. The van der Waals surface area contributed by atoms with E-state index in [0.29, 0.717) is 11.1 Å². The van der Waals surface area contributed by atoms with Gasteiger partial charge >= 0.3 is 18.2 Å². The molecule has 0 unspecified atom stereocenters. The highest BCUT2D eigenvalue weighted by molar-refractivity contribution is 5.90. The summed E-state index contributed by atoms with van der Waals surface area (Å²) >= 11 is 0. The van der Waals surface area contributed by atoms with Gasteiger partial charge in [0.25, 0.3) is 0 Å². The first-order chi connectivity index (χ1) is 11.1. The number of carboxylic acids is 1. The molecule has 2 atom stereocenters. The molecular weight excluding hydrogens is 327 g/mol. The molecular formula is C15H14F3N3O3. The monoisotopic (exact) mass is 341 g/mol. The first kappa shape index (κ1) is 17.6. The zero-order chi connectivity index (χ0) is 18.1. The standard InChI is InChI=1S/C15H14F3N3O3/c1-8-2-9(5-19)4-10(3-8)20-14(24)21-6-11(13(22)23)12(7-21)15(16,17)18/h2-4,11-12H,6-7H2,1H3,(H,20,24)(H,22,23)/t11-,12-/m1/s1. The molecule has 24 heavy (non-hydrogen) atoms. The Morgan fingerprint density at radius 3 is 2.50 bits per heavy atom. The van der Waals surface area contributed by atoms with Crippen molar-refractivity contribution in [2.45, 2.75) is 13.1 Å². The van der Waals surface area contributed by atoms with Gasteiger partial charge in [-0.25, -0.2) is 4.79 Å². The number of aliphatic carboxylic acids is 1. The highest BCUT2D eigenvalue weighted by Crippen LogP contribution is 2.37. The summed E-state index contributed by atoms with van der Waals surface area (Å²) in [6.45, 7) is 0.456. The molecule has 9 heteroatoms. The number of nitriles is 1. The SMILES string of the molecule is Cc1cc(C#N)cc(NC(=O)N2C[C@@H](C(F)(F)F)[C@H](C(=O)O)C2)c1. The maximum absolute atomic E-state index is 12.9. The van der Waals surface area contributed by atoms with Gasteiger partial charge in [-0.05, 0) is 30.7 Å². The van der Waals surface area contributed by atoms with Crippen molar-refractivity contribution in [2.24, 2.45) is 11.8 Å². The number of nitrogens with zero attached hydrogens (tertiary/aromatic N) is 2. The maximum Gasteiger partial charge on any atom is 0.394 e. The van der Waals surface area contributed by atoms with Crippen molar-refractivity contribution in [3.05, 3.63) is 29.3 Å². The van der Waals surface area contributed by atoms with E-state index in [1.165, 1.54) is 6.07 Å². The Labute approximate surface area is 135 Å². The minimum Gasteiger partial charge on any atom is -0.481 e. The molecule has 1 aromatic carbocycles. The molecule has 0 saturated carbocycles. The van der Waals surface area contributed by atoms with Gasteiger partial charge in [0, 0.05) is 18.8 Å². The number of amides is 2. The number of benzene rings is 1. The number of alkyl halides is 3. The number of halogens is 3. The van der Waals surface area contributed by atoms with Gasteiger partial charge in [0.15, 0.2) is 0 Å². The third kappa shape index (κ3) is 3.76. The lowest BCUT2D eigenvalue weighted by Crippen LogP contribution is -2.35. The number of likely N-dealkylation sites (tertiary alicyclic amines) is 1. The van der Waals surface area contributed by atoms with E-state index in [2.05, 4.69) is 5.32 Å². The molecule has 2 N–H and O–H groups in total. The topological polar surface area (TPSA) is 93.4 Å². The largest absolute Gasteiger partial charge is 0.481 e. The number of anilines is 1. The van der Waals surface area contributed by atoms with E-state index in [-0.39, 0.29) is 5.69 Å². The van der Waals surface area contributed by atoms with Gasteiger partial charge in [0.05, 0.1) is 23.5 Å². The summed E-state index contributed by atoms with van der Waals surface area (Å²) in [5.41, 5.74) is 1.25. The van der Waals surface area contributed by atoms with Crippen LogP contribution in [0.5, 0.6) is 0 Å². The second kappa shape index (κ2) is 6.39. The molecule has 6 nitrogen and oxygen atoms in total. The normalized spacial score (nSPS) is 20.5. The Balaban J connectivity index is 2.15. The smallest absolute Gasteiger partial charge is 0.394 e. The summed E-state index contributed by atoms with van der Waals surface area (Å²) in [6.07, 6.45) is -4.70. The third-order valence-corrected chi connectivity index (χ3v) is 3.80. The average Bonchev–Trinajstić information content (AvgIpc) is 2.92. The molecule has 1 saturated heterocycles. The number of carboxylic acid groups (broad SMARTS) is 1. The van der Waals surface area contributed by atoms with E-state index in [0.717, 1.165) is 4.90 Å². The molecule has 1 heterocycles. The Morgan fingerprint density at radius 2 is 2.00 bits per heavy atom. The molecule has 1 fully saturated rings. The quantitative estimate of drug-likeness (QED) is 0.865. The predicted octanol–water partition coefficient (Wildman–Crippen LogP) is 2.59. The first-order valence-electron chi connectivity index (χ1n) is 6.99. The predicted molar refractivity (Wildman–Crippen MR) is 77.2 cm³/mol. The summed E-state index contributed by atoms with van der Waals surface area (Å²) in [7, 11) is 0. The van der Waals surface area contributed by atoms with Crippen molar-refractivity contribution in [3.8, 4) is 6.07 Å². The highest BCUT2D eigenvalue weighted by Gasteiger charge is 2.53. The van der Waals surface area contributed by atoms with Crippen LogP contribution >= 0.6 is 0 Å². The van der Waals surface area contributed by atoms with Gasteiger partial charge in [0.2, 0.25) is 0 Å². The molecule has 0 spiro atoms. The lowest BCUT2D eigenvalue weighted by molar-refractivity contribution is -0.187. The highest BCUT2D eigenvalue weighted by atomic mass is 19.4. The minimum absolute atomic E-state index is 0.263. The molecule has 0 bridgehead atoms. The van der Waals surface area contributed by atoms with Crippen LogP contribution in [0.3, 0.4) is 0 Å².